The number of nitrogens with one attached hydrogen (secondary N) is 2. The number of hydrogen-bond acceptors (Lipinski definition) is 2. The van der Waals surface area contributed by atoms with Gasteiger partial charge in [0.15, 0.2) is 5.96 Å². The topological polar surface area (TPSA) is 54.2 Å². The minimum absolute atomic E-state index is 0.0793. The van der Waals surface area contributed by atoms with Crippen LogP contribution in [-0.4, -0.2) is 34.4 Å². The van der Waals surface area contributed by atoms with Crippen LogP contribution in [0.2, 0.25) is 5.02 Å². The number of aliphatic imine (C=N–C) groups is 1. The minimum atomic E-state index is -0.236. The van der Waals surface area contributed by atoms with E-state index in [9.17, 15) is 4.39 Å². The van der Waals surface area contributed by atoms with Crippen molar-refractivity contribution < 1.29 is 4.39 Å². The number of aryl methyl sites for hydroxylation is 2. The van der Waals surface area contributed by atoms with Gasteiger partial charge in [0.2, 0.25) is 0 Å². The molecule has 1 fully saturated rings. The van der Waals surface area contributed by atoms with Crippen LogP contribution < -0.4 is 10.6 Å². The molecule has 0 amide bonds. The smallest absolute Gasteiger partial charge is 0.191 e. The van der Waals surface area contributed by atoms with Gasteiger partial charge in [0.05, 0.1) is 5.69 Å². The third-order valence-electron chi connectivity index (χ3n) is 5.35. The van der Waals surface area contributed by atoms with E-state index in [0.29, 0.717) is 17.1 Å². The van der Waals surface area contributed by atoms with E-state index in [-0.39, 0.29) is 23.8 Å². The first-order chi connectivity index (χ1) is 13.3. The molecule has 1 aromatic heterocycles. The molecule has 0 aliphatic heterocycles. The average Bonchev–Trinajstić information content (AvgIpc) is 3.32. The molecule has 7 heteroatoms. The van der Waals surface area contributed by atoms with Gasteiger partial charge in [-0.1, -0.05) is 17.7 Å². The third-order valence-corrected chi connectivity index (χ3v) is 5.68. The largest absolute Gasteiger partial charge is 0.354 e. The van der Waals surface area contributed by atoms with Crippen LogP contribution in [0.5, 0.6) is 0 Å². The lowest BCUT2D eigenvalue weighted by molar-refractivity contribution is 0.605. The Bertz CT molecular complexity index is 856. The molecule has 3 unspecified atom stereocenters. The maximum atomic E-state index is 14.2. The van der Waals surface area contributed by atoms with E-state index in [1.807, 2.05) is 25.6 Å². The molecule has 2 N–H and O–H groups in total. The molecule has 1 aliphatic carbocycles. The number of guanidine groups is 1. The summed E-state index contributed by atoms with van der Waals surface area (Å²) in [5.74, 6) is 0.601. The van der Waals surface area contributed by atoms with Crippen molar-refractivity contribution in [2.75, 3.05) is 6.54 Å². The zero-order valence-corrected chi connectivity index (χ0v) is 17.9. The van der Waals surface area contributed by atoms with E-state index in [1.165, 1.54) is 17.3 Å². The van der Waals surface area contributed by atoms with E-state index in [4.69, 9.17) is 11.6 Å². The van der Waals surface area contributed by atoms with Crippen LogP contribution in [-0.2, 0) is 13.5 Å². The van der Waals surface area contributed by atoms with E-state index >= 15 is 0 Å². The molecule has 3 atom stereocenters. The van der Waals surface area contributed by atoms with Gasteiger partial charge < -0.3 is 10.6 Å². The highest BCUT2D eigenvalue weighted by atomic mass is 35.5. The van der Waals surface area contributed by atoms with Gasteiger partial charge in [0.25, 0.3) is 0 Å². The lowest BCUT2D eigenvalue weighted by atomic mass is 10.1. The monoisotopic (exact) mass is 405 g/mol. The summed E-state index contributed by atoms with van der Waals surface area (Å²) >= 11 is 6.21. The Morgan fingerprint density at radius 1 is 1.43 bits per heavy atom. The molecule has 1 saturated carbocycles. The molecular weight excluding hydrogens is 377 g/mol. The van der Waals surface area contributed by atoms with Crippen LogP contribution in [0.4, 0.5) is 4.39 Å². The molecule has 1 aliphatic rings. The van der Waals surface area contributed by atoms with Crippen molar-refractivity contribution in [1.82, 2.24) is 20.4 Å². The van der Waals surface area contributed by atoms with Gasteiger partial charge in [-0.05, 0) is 58.2 Å². The predicted octanol–water partition coefficient (Wildman–Crippen LogP) is 3.87. The van der Waals surface area contributed by atoms with Gasteiger partial charge in [-0.2, -0.15) is 5.10 Å². The van der Waals surface area contributed by atoms with Crippen molar-refractivity contribution in [1.29, 1.82) is 0 Å². The van der Waals surface area contributed by atoms with E-state index in [1.54, 1.807) is 12.1 Å². The minimum Gasteiger partial charge on any atom is -0.354 e. The second kappa shape index (κ2) is 8.52. The molecule has 0 bridgehead atoms. The van der Waals surface area contributed by atoms with Gasteiger partial charge in [-0.3, -0.25) is 9.67 Å². The van der Waals surface area contributed by atoms with Gasteiger partial charge in [0, 0.05) is 47.9 Å². The normalized spacial score (nSPS) is 20.2. The number of rotatable bonds is 6. The van der Waals surface area contributed by atoms with Crippen molar-refractivity contribution >= 4 is 17.6 Å². The molecule has 0 radical (unpaired) electrons. The molecule has 5 nitrogen and oxygen atoms in total. The van der Waals surface area contributed by atoms with E-state index in [0.717, 1.165) is 24.5 Å². The highest BCUT2D eigenvalue weighted by Gasteiger charge is 2.42. The fraction of sp³-hybridized carbons (Fsp3) is 0.524. The van der Waals surface area contributed by atoms with Gasteiger partial charge in [-0.15, -0.1) is 0 Å². The van der Waals surface area contributed by atoms with Crippen LogP contribution in [0, 0.1) is 19.7 Å². The van der Waals surface area contributed by atoms with Crippen molar-refractivity contribution in [2.24, 2.45) is 12.0 Å². The molecule has 1 aromatic carbocycles. The maximum absolute atomic E-state index is 14.2. The Morgan fingerprint density at radius 2 is 2.18 bits per heavy atom. The van der Waals surface area contributed by atoms with Crippen LogP contribution in [0.3, 0.4) is 0 Å². The zero-order chi connectivity index (χ0) is 20.4. The highest BCUT2D eigenvalue weighted by molar-refractivity contribution is 6.31. The SMILES string of the molecule is CCN=C(NC(C)Cc1c(C)nn(C)c1C)NC1CC1c1c(F)cccc1Cl. The lowest BCUT2D eigenvalue weighted by Crippen LogP contribution is -2.44. The fourth-order valence-corrected chi connectivity index (χ4v) is 4.01. The number of hydrogen-bond donors (Lipinski definition) is 2. The molecule has 0 saturated heterocycles. The quantitative estimate of drug-likeness (QED) is 0.566. The van der Waals surface area contributed by atoms with Crippen LogP contribution >= 0.6 is 11.6 Å². The molecule has 2 aromatic rings. The number of benzene rings is 1. The zero-order valence-electron chi connectivity index (χ0n) is 17.2. The van der Waals surface area contributed by atoms with Crippen LogP contribution in [0.15, 0.2) is 23.2 Å². The first-order valence-electron chi connectivity index (χ1n) is 9.82. The summed E-state index contributed by atoms with van der Waals surface area (Å²) in [6, 6.07) is 5.18. The molecule has 28 heavy (non-hydrogen) atoms. The molecule has 152 valence electrons. The van der Waals surface area contributed by atoms with Crippen molar-refractivity contribution in [2.45, 2.75) is 58.5 Å². The van der Waals surface area contributed by atoms with Crippen LogP contribution in [0.1, 0.15) is 48.7 Å². The summed E-state index contributed by atoms with van der Waals surface area (Å²) in [6.07, 6.45) is 1.71. The summed E-state index contributed by atoms with van der Waals surface area (Å²) in [6.45, 7) is 8.94. The lowest BCUT2D eigenvalue weighted by Gasteiger charge is -2.19. The fourth-order valence-electron chi connectivity index (χ4n) is 3.71. The van der Waals surface area contributed by atoms with Gasteiger partial charge in [0.1, 0.15) is 5.82 Å². The number of aromatic nitrogens is 2. The Balaban J connectivity index is 1.63. The maximum Gasteiger partial charge on any atom is 0.191 e. The highest BCUT2D eigenvalue weighted by Crippen LogP contribution is 2.44. The molecular formula is C21H29ClFN5. The number of halogens is 2. The summed E-state index contributed by atoms with van der Waals surface area (Å²) in [4.78, 5) is 4.56. The second-order valence-electron chi connectivity index (χ2n) is 7.57. The molecule has 3 rings (SSSR count). The Morgan fingerprint density at radius 3 is 2.79 bits per heavy atom. The summed E-state index contributed by atoms with van der Waals surface area (Å²) in [7, 11) is 1.97. The van der Waals surface area contributed by atoms with Gasteiger partial charge in [-0.25, -0.2) is 4.39 Å². The van der Waals surface area contributed by atoms with Gasteiger partial charge >= 0.3 is 0 Å². The summed E-state index contributed by atoms with van der Waals surface area (Å²) < 4.78 is 16.1. The van der Waals surface area contributed by atoms with Crippen molar-refractivity contribution in [3.05, 3.63) is 51.6 Å². The predicted molar refractivity (Wildman–Crippen MR) is 113 cm³/mol. The summed E-state index contributed by atoms with van der Waals surface area (Å²) in [5, 5.41) is 11.9. The first kappa shape index (κ1) is 20.6. The Hall–Kier alpha value is -2.08. The third kappa shape index (κ3) is 4.49. The molecule has 1 heterocycles. The molecule has 0 spiro atoms. The number of nitrogens with zero attached hydrogens (tertiary/aromatic N) is 3. The van der Waals surface area contributed by atoms with E-state index < -0.39 is 0 Å². The summed E-state index contributed by atoms with van der Waals surface area (Å²) in [5.41, 5.74) is 4.12. The first-order valence-corrected chi connectivity index (χ1v) is 10.2. The second-order valence-corrected chi connectivity index (χ2v) is 7.98. The standard InChI is InChI=1S/C21H29ClFN5/c1-6-24-21(25-12(2)10-15-13(3)27-28(5)14(15)4)26-19-11-16(19)20-17(22)8-7-9-18(20)23/h7-9,12,16,19H,6,10-11H2,1-5H3,(H2,24,25,26). The average molecular weight is 406 g/mol. The Labute approximate surface area is 171 Å². The van der Waals surface area contributed by atoms with Crippen molar-refractivity contribution in [3.63, 3.8) is 0 Å². The van der Waals surface area contributed by atoms with E-state index in [2.05, 4.69) is 34.6 Å². The van der Waals surface area contributed by atoms with Crippen molar-refractivity contribution in [3.8, 4) is 0 Å². The van der Waals surface area contributed by atoms with Crippen LogP contribution in [0.25, 0.3) is 0 Å². The Kier molecular flexibility index (Phi) is 6.28.